The van der Waals surface area contributed by atoms with Gasteiger partial charge in [0.15, 0.2) is 0 Å². The Morgan fingerprint density at radius 2 is 2.18 bits per heavy atom. The summed E-state index contributed by atoms with van der Waals surface area (Å²) in [7, 11) is 0. The number of ether oxygens (including phenoxy) is 1. The largest absolute Gasteiger partial charge is 0.465 e. The molecule has 17 heavy (non-hydrogen) atoms. The monoisotopic (exact) mass is 246 g/mol. The van der Waals surface area contributed by atoms with Gasteiger partial charge in [-0.15, -0.1) is 0 Å². The zero-order valence-electron chi connectivity index (χ0n) is 9.00. The van der Waals surface area contributed by atoms with E-state index in [-0.39, 0.29) is 11.2 Å². The first-order chi connectivity index (χ1) is 8.34. The Morgan fingerprint density at radius 1 is 1.29 bits per heavy atom. The Bertz CT molecular complexity index is 568. The van der Waals surface area contributed by atoms with Crippen molar-refractivity contribution in [3.63, 3.8) is 0 Å². The lowest BCUT2D eigenvalue weighted by molar-refractivity contribution is -0.137. The molecule has 2 aromatic rings. The molecule has 0 saturated carbocycles. The second-order valence-electron chi connectivity index (χ2n) is 3.76. The molecule has 1 aromatic carbocycles. The number of carbonyl (C=O) groups is 1. The molecule has 86 valence electrons. The lowest BCUT2D eigenvalue weighted by Gasteiger charge is -2.06. The lowest BCUT2D eigenvalue weighted by Crippen LogP contribution is -2.09. The molecule has 1 fully saturated rings. The molecule has 1 atom stereocenters. The van der Waals surface area contributed by atoms with Crippen LogP contribution in [0.2, 0.25) is 0 Å². The van der Waals surface area contributed by atoms with E-state index in [1.165, 1.54) is 18.1 Å². The predicted molar refractivity (Wildman–Crippen MR) is 64.8 cm³/mol. The quantitative estimate of drug-likeness (QED) is 0.599. The average molecular weight is 246 g/mol. The number of thioether (sulfide) groups is 1. The number of hydrogen-bond donors (Lipinski definition) is 0. The fourth-order valence-corrected chi connectivity index (χ4v) is 2.85. The van der Waals surface area contributed by atoms with Crippen molar-refractivity contribution in [2.75, 3.05) is 6.61 Å². The number of cyclic esters (lactones) is 1. The van der Waals surface area contributed by atoms with Gasteiger partial charge in [-0.3, -0.25) is 4.79 Å². The first-order valence-corrected chi connectivity index (χ1v) is 6.25. The number of nitrogens with zero attached hydrogens (tertiary/aromatic N) is 2. The Labute approximate surface area is 102 Å². The van der Waals surface area contributed by atoms with E-state index in [9.17, 15) is 4.79 Å². The fraction of sp³-hybridized carbons (Fsp3) is 0.250. The number of rotatable bonds is 2. The van der Waals surface area contributed by atoms with Gasteiger partial charge >= 0.3 is 5.97 Å². The average Bonchev–Trinajstić information content (AvgIpc) is 2.76. The van der Waals surface area contributed by atoms with Gasteiger partial charge in [-0.1, -0.05) is 30.0 Å². The van der Waals surface area contributed by atoms with Gasteiger partial charge in [-0.2, -0.15) is 0 Å². The predicted octanol–water partition coefficient (Wildman–Crippen LogP) is 2.04. The van der Waals surface area contributed by atoms with Crippen LogP contribution in [-0.4, -0.2) is 27.8 Å². The smallest absolute Gasteiger partial charge is 0.319 e. The van der Waals surface area contributed by atoms with E-state index in [1.807, 2.05) is 24.3 Å². The molecule has 0 unspecified atom stereocenters. The molecule has 1 aromatic heterocycles. The van der Waals surface area contributed by atoms with Crippen LogP contribution in [0, 0.1) is 0 Å². The molecule has 5 heteroatoms. The summed E-state index contributed by atoms with van der Waals surface area (Å²) in [5.74, 6) is -0.141. The maximum Gasteiger partial charge on any atom is 0.319 e. The highest BCUT2D eigenvalue weighted by molar-refractivity contribution is 8.00. The van der Waals surface area contributed by atoms with Crippen LogP contribution < -0.4 is 0 Å². The SMILES string of the molecule is O=C1OCC[C@@H]1Sc1ncnc2ccccc12. The van der Waals surface area contributed by atoms with E-state index in [0.717, 1.165) is 22.3 Å². The number of benzene rings is 1. The van der Waals surface area contributed by atoms with Crippen molar-refractivity contribution in [3.05, 3.63) is 30.6 Å². The summed E-state index contributed by atoms with van der Waals surface area (Å²) in [6.07, 6.45) is 2.28. The summed E-state index contributed by atoms with van der Waals surface area (Å²) >= 11 is 1.46. The van der Waals surface area contributed by atoms with Gasteiger partial charge in [0.25, 0.3) is 0 Å². The molecular formula is C12H10N2O2S. The summed E-state index contributed by atoms with van der Waals surface area (Å²) in [4.78, 5) is 19.9. The molecule has 1 aliphatic heterocycles. The standard InChI is InChI=1S/C12H10N2O2S/c15-12-10(5-6-16-12)17-11-8-3-1-2-4-9(8)13-7-14-11/h1-4,7,10H,5-6H2/t10-/m0/s1. The zero-order chi connectivity index (χ0) is 11.7. The summed E-state index contributed by atoms with van der Waals surface area (Å²) in [6.45, 7) is 0.513. The minimum atomic E-state index is -0.141. The number of para-hydroxylation sites is 1. The molecule has 1 saturated heterocycles. The van der Waals surface area contributed by atoms with E-state index in [4.69, 9.17) is 4.74 Å². The van der Waals surface area contributed by atoms with Crippen molar-refractivity contribution in [2.45, 2.75) is 16.7 Å². The second kappa shape index (κ2) is 4.33. The third-order valence-corrected chi connectivity index (χ3v) is 3.91. The molecule has 0 bridgehead atoms. The molecule has 1 aliphatic rings. The zero-order valence-corrected chi connectivity index (χ0v) is 9.81. The second-order valence-corrected chi connectivity index (χ2v) is 4.95. The Kier molecular flexibility index (Phi) is 2.68. The molecular weight excluding hydrogens is 236 g/mol. The highest BCUT2D eigenvalue weighted by Gasteiger charge is 2.28. The fourth-order valence-electron chi connectivity index (χ4n) is 1.79. The topological polar surface area (TPSA) is 52.1 Å². The van der Waals surface area contributed by atoms with Crippen molar-refractivity contribution < 1.29 is 9.53 Å². The van der Waals surface area contributed by atoms with Crippen LogP contribution in [0.4, 0.5) is 0 Å². The van der Waals surface area contributed by atoms with Crippen molar-refractivity contribution >= 4 is 28.6 Å². The molecule has 4 nitrogen and oxygen atoms in total. The number of hydrogen-bond acceptors (Lipinski definition) is 5. The Hall–Kier alpha value is -1.62. The molecule has 0 amide bonds. The molecule has 2 heterocycles. The Morgan fingerprint density at radius 3 is 3.00 bits per heavy atom. The van der Waals surface area contributed by atoms with Gasteiger partial charge < -0.3 is 4.74 Å². The van der Waals surface area contributed by atoms with E-state index < -0.39 is 0 Å². The minimum Gasteiger partial charge on any atom is -0.465 e. The van der Waals surface area contributed by atoms with Crippen LogP contribution in [0.1, 0.15) is 6.42 Å². The van der Waals surface area contributed by atoms with Crippen molar-refractivity contribution in [1.82, 2.24) is 9.97 Å². The van der Waals surface area contributed by atoms with Crippen molar-refractivity contribution in [3.8, 4) is 0 Å². The molecule has 3 rings (SSSR count). The summed E-state index contributed by atoms with van der Waals surface area (Å²) in [6, 6.07) is 7.79. The van der Waals surface area contributed by atoms with Crippen LogP contribution in [-0.2, 0) is 9.53 Å². The van der Waals surface area contributed by atoms with Gasteiger partial charge in [0.2, 0.25) is 0 Å². The highest BCUT2D eigenvalue weighted by atomic mass is 32.2. The third kappa shape index (κ3) is 1.98. The summed E-state index contributed by atoms with van der Waals surface area (Å²) in [5, 5.41) is 1.70. The summed E-state index contributed by atoms with van der Waals surface area (Å²) in [5.41, 5.74) is 0.899. The summed E-state index contributed by atoms with van der Waals surface area (Å²) < 4.78 is 4.95. The Balaban J connectivity index is 1.97. The first-order valence-electron chi connectivity index (χ1n) is 5.37. The minimum absolute atomic E-state index is 0.131. The van der Waals surface area contributed by atoms with Gasteiger partial charge in [-0.25, -0.2) is 9.97 Å². The van der Waals surface area contributed by atoms with Crippen LogP contribution in [0.3, 0.4) is 0 Å². The van der Waals surface area contributed by atoms with Gasteiger partial charge in [0, 0.05) is 11.8 Å². The third-order valence-electron chi connectivity index (χ3n) is 2.65. The van der Waals surface area contributed by atoms with Gasteiger partial charge in [0.1, 0.15) is 16.6 Å². The molecule has 0 N–H and O–H groups in total. The number of fused-ring (bicyclic) bond motifs is 1. The van der Waals surface area contributed by atoms with Crippen molar-refractivity contribution in [1.29, 1.82) is 0 Å². The first kappa shape index (κ1) is 10.5. The number of esters is 1. The maximum absolute atomic E-state index is 11.4. The molecule has 0 spiro atoms. The van der Waals surface area contributed by atoms with Crippen LogP contribution in [0.5, 0.6) is 0 Å². The van der Waals surface area contributed by atoms with E-state index >= 15 is 0 Å². The van der Waals surface area contributed by atoms with E-state index in [0.29, 0.717) is 6.61 Å². The maximum atomic E-state index is 11.4. The molecule has 0 aliphatic carbocycles. The molecule has 0 radical (unpaired) electrons. The van der Waals surface area contributed by atoms with Crippen LogP contribution >= 0.6 is 11.8 Å². The normalized spacial score (nSPS) is 19.5. The van der Waals surface area contributed by atoms with Gasteiger partial charge in [-0.05, 0) is 6.07 Å². The lowest BCUT2D eigenvalue weighted by atomic mass is 10.2. The van der Waals surface area contributed by atoms with Crippen molar-refractivity contribution in [2.24, 2.45) is 0 Å². The van der Waals surface area contributed by atoms with E-state index in [1.54, 1.807) is 0 Å². The van der Waals surface area contributed by atoms with E-state index in [2.05, 4.69) is 9.97 Å². The highest BCUT2D eigenvalue weighted by Crippen LogP contribution is 2.31. The van der Waals surface area contributed by atoms with Crippen LogP contribution in [0.15, 0.2) is 35.6 Å². The van der Waals surface area contributed by atoms with Gasteiger partial charge in [0.05, 0.1) is 12.1 Å². The number of carbonyl (C=O) groups excluding carboxylic acids is 1. The van der Waals surface area contributed by atoms with Crippen LogP contribution in [0.25, 0.3) is 10.9 Å². The number of aromatic nitrogens is 2.